The Morgan fingerprint density at radius 1 is 0.281 bits per heavy atom. The molecule has 57 heavy (non-hydrogen) atoms. The molecule has 12 aromatic rings. The predicted octanol–water partition coefficient (Wildman–Crippen LogP) is 15.2. The smallest absolute Gasteiger partial charge is 0.0619 e. The monoisotopic (exact) mass is 742 g/mol. The summed E-state index contributed by atoms with van der Waals surface area (Å²) in [5.74, 6) is 0. The van der Waals surface area contributed by atoms with Gasteiger partial charge < -0.3 is 9.13 Å². The minimum absolute atomic E-state index is 1.15. The second kappa shape index (κ2) is 12.7. The zero-order valence-corrected chi connectivity index (χ0v) is 31.7. The highest BCUT2D eigenvalue weighted by atomic mass is 32.1. The number of hydrogen-bond acceptors (Lipinski definition) is 1. The highest BCUT2D eigenvalue weighted by Gasteiger charge is 2.19. The van der Waals surface area contributed by atoms with Crippen LogP contribution in [0.2, 0.25) is 0 Å². The van der Waals surface area contributed by atoms with E-state index < -0.39 is 0 Å². The van der Waals surface area contributed by atoms with Crippen molar-refractivity contribution in [3.05, 3.63) is 206 Å². The molecule has 3 heterocycles. The molecule has 0 saturated heterocycles. The maximum Gasteiger partial charge on any atom is 0.0619 e. The summed E-state index contributed by atoms with van der Waals surface area (Å²) in [7, 11) is 0. The standard InChI is InChI=1S/C54H34N2S/c1-3-13-35(14-4-1)37-17-11-18-40(31-37)56-51-29-26-39(33-47(51)45-22-12-21-42(54(45)56)36-15-5-2-6-16-36)38-25-28-50-46(32-38)43-19-7-9-23-49(43)55(50)41-27-30-53-48(34-41)44-20-8-10-24-52(44)57-53/h1-34H. The van der Waals surface area contributed by atoms with Crippen LogP contribution < -0.4 is 0 Å². The van der Waals surface area contributed by atoms with Gasteiger partial charge in [0.05, 0.1) is 22.1 Å². The number of benzene rings is 9. The molecule has 266 valence electrons. The normalized spacial score (nSPS) is 11.9. The fraction of sp³-hybridized carbons (Fsp3) is 0. The second-order valence-electron chi connectivity index (χ2n) is 14.9. The van der Waals surface area contributed by atoms with E-state index in [0.717, 1.165) is 5.69 Å². The molecule has 0 fully saturated rings. The SMILES string of the molecule is c1ccc(-c2cccc(-n3c4ccc(-c5ccc6c(c5)c5ccccc5n6-c5ccc6sc7ccccc7c6c5)cc4c4cccc(-c5ccccc5)c43)c2)cc1. The summed E-state index contributed by atoms with van der Waals surface area (Å²) in [4.78, 5) is 0. The number of nitrogens with zero attached hydrogens (tertiary/aromatic N) is 2. The van der Waals surface area contributed by atoms with Gasteiger partial charge in [-0.2, -0.15) is 0 Å². The first kappa shape index (κ1) is 32.1. The third-order valence-corrected chi connectivity index (χ3v) is 12.9. The van der Waals surface area contributed by atoms with E-state index in [1.165, 1.54) is 103 Å². The lowest BCUT2D eigenvalue weighted by atomic mass is 9.99. The molecule has 0 N–H and O–H groups in total. The van der Waals surface area contributed by atoms with Crippen molar-refractivity contribution in [2.24, 2.45) is 0 Å². The molecule has 3 aromatic heterocycles. The van der Waals surface area contributed by atoms with Crippen LogP contribution in [0.15, 0.2) is 206 Å². The first-order chi connectivity index (χ1) is 28.3. The van der Waals surface area contributed by atoms with Gasteiger partial charge in [0.2, 0.25) is 0 Å². The van der Waals surface area contributed by atoms with E-state index in [9.17, 15) is 0 Å². The van der Waals surface area contributed by atoms with Gasteiger partial charge in [-0.1, -0.05) is 140 Å². The van der Waals surface area contributed by atoms with Crippen molar-refractivity contribution in [1.82, 2.24) is 9.13 Å². The molecule has 0 unspecified atom stereocenters. The van der Waals surface area contributed by atoms with Crippen molar-refractivity contribution in [3.63, 3.8) is 0 Å². The minimum Gasteiger partial charge on any atom is -0.309 e. The van der Waals surface area contributed by atoms with Crippen LogP contribution in [0.4, 0.5) is 0 Å². The third kappa shape index (κ3) is 5.03. The van der Waals surface area contributed by atoms with Crippen molar-refractivity contribution in [2.75, 3.05) is 0 Å². The number of para-hydroxylation sites is 2. The molecule has 0 saturated carbocycles. The number of rotatable bonds is 5. The lowest BCUT2D eigenvalue weighted by Crippen LogP contribution is -1.96. The zero-order valence-electron chi connectivity index (χ0n) is 30.9. The Balaban J connectivity index is 1.06. The van der Waals surface area contributed by atoms with Crippen molar-refractivity contribution in [2.45, 2.75) is 0 Å². The van der Waals surface area contributed by atoms with Crippen LogP contribution in [0.3, 0.4) is 0 Å². The van der Waals surface area contributed by atoms with E-state index >= 15 is 0 Å². The average molecular weight is 743 g/mol. The topological polar surface area (TPSA) is 9.86 Å². The molecule has 9 aromatic carbocycles. The van der Waals surface area contributed by atoms with Gasteiger partial charge in [-0.25, -0.2) is 0 Å². The Morgan fingerprint density at radius 2 is 0.842 bits per heavy atom. The maximum absolute atomic E-state index is 2.47. The fourth-order valence-corrected chi connectivity index (χ4v) is 10.2. The van der Waals surface area contributed by atoms with Gasteiger partial charge in [0.25, 0.3) is 0 Å². The Bertz CT molecular complexity index is 3510. The maximum atomic E-state index is 2.47. The largest absolute Gasteiger partial charge is 0.309 e. The van der Waals surface area contributed by atoms with Crippen LogP contribution in [0, 0.1) is 0 Å². The van der Waals surface area contributed by atoms with E-state index in [-0.39, 0.29) is 0 Å². The van der Waals surface area contributed by atoms with Crippen LogP contribution in [0.25, 0.3) is 109 Å². The summed E-state index contributed by atoms with van der Waals surface area (Å²) in [6, 6.07) is 75.7. The number of thiophene rings is 1. The molecule has 0 aliphatic heterocycles. The van der Waals surface area contributed by atoms with Gasteiger partial charge in [0.1, 0.15) is 0 Å². The van der Waals surface area contributed by atoms with E-state index in [1.54, 1.807) is 0 Å². The lowest BCUT2D eigenvalue weighted by molar-refractivity contribution is 1.18. The molecule has 0 aliphatic carbocycles. The van der Waals surface area contributed by atoms with Gasteiger partial charge in [-0.15, -0.1) is 11.3 Å². The molecular formula is C54H34N2S. The molecule has 0 aliphatic rings. The molecule has 0 radical (unpaired) electrons. The Labute approximate surface area is 333 Å². The zero-order chi connectivity index (χ0) is 37.5. The summed E-state index contributed by atoms with van der Waals surface area (Å²) in [6.45, 7) is 0. The Morgan fingerprint density at radius 3 is 1.65 bits per heavy atom. The van der Waals surface area contributed by atoms with E-state index in [4.69, 9.17) is 0 Å². The molecule has 3 heteroatoms. The van der Waals surface area contributed by atoms with Gasteiger partial charge >= 0.3 is 0 Å². The molecule has 0 atom stereocenters. The molecular weight excluding hydrogens is 709 g/mol. The molecule has 2 nitrogen and oxygen atoms in total. The van der Waals surface area contributed by atoms with E-state index in [0.29, 0.717) is 0 Å². The first-order valence-corrected chi connectivity index (χ1v) is 20.3. The van der Waals surface area contributed by atoms with Crippen molar-refractivity contribution in [3.8, 4) is 44.8 Å². The van der Waals surface area contributed by atoms with Crippen molar-refractivity contribution in [1.29, 1.82) is 0 Å². The van der Waals surface area contributed by atoms with Crippen molar-refractivity contribution < 1.29 is 0 Å². The third-order valence-electron chi connectivity index (χ3n) is 11.7. The fourth-order valence-electron chi connectivity index (χ4n) is 9.11. The Hall–Kier alpha value is -7.20. The van der Waals surface area contributed by atoms with Crippen LogP contribution in [-0.4, -0.2) is 9.13 Å². The molecule has 0 spiro atoms. The lowest BCUT2D eigenvalue weighted by Gasteiger charge is -2.13. The highest BCUT2D eigenvalue weighted by molar-refractivity contribution is 7.25. The van der Waals surface area contributed by atoms with Gasteiger partial charge in [0, 0.05) is 58.7 Å². The van der Waals surface area contributed by atoms with Crippen LogP contribution in [-0.2, 0) is 0 Å². The van der Waals surface area contributed by atoms with Crippen LogP contribution in [0.5, 0.6) is 0 Å². The number of hydrogen-bond donors (Lipinski definition) is 0. The quantitative estimate of drug-likeness (QED) is 0.166. The summed E-state index contributed by atoms with van der Waals surface area (Å²) < 4.78 is 7.55. The van der Waals surface area contributed by atoms with Crippen LogP contribution >= 0.6 is 11.3 Å². The van der Waals surface area contributed by atoms with Gasteiger partial charge in [-0.3, -0.25) is 0 Å². The van der Waals surface area contributed by atoms with E-state index in [2.05, 4.69) is 215 Å². The molecule has 12 rings (SSSR count). The summed E-state index contributed by atoms with van der Waals surface area (Å²) >= 11 is 1.86. The number of fused-ring (bicyclic) bond motifs is 9. The number of aromatic nitrogens is 2. The molecule has 0 amide bonds. The van der Waals surface area contributed by atoms with E-state index in [1.807, 2.05) is 11.3 Å². The first-order valence-electron chi connectivity index (χ1n) is 19.5. The van der Waals surface area contributed by atoms with Gasteiger partial charge in [0.15, 0.2) is 0 Å². The van der Waals surface area contributed by atoms with Gasteiger partial charge in [-0.05, 0) is 94.5 Å². The summed E-state index contributed by atoms with van der Waals surface area (Å²) in [5, 5.41) is 7.62. The summed E-state index contributed by atoms with van der Waals surface area (Å²) in [6.07, 6.45) is 0. The second-order valence-corrected chi connectivity index (χ2v) is 16.0. The van der Waals surface area contributed by atoms with Crippen molar-refractivity contribution >= 4 is 75.1 Å². The minimum atomic E-state index is 1.15. The Kier molecular flexibility index (Phi) is 7.13. The average Bonchev–Trinajstić information content (AvgIpc) is 3.94. The molecule has 0 bridgehead atoms. The highest BCUT2D eigenvalue weighted by Crippen LogP contribution is 2.42. The summed E-state index contributed by atoms with van der Waals surface area (Å²) in [5.41, 5.74) is 14.4. The predicted molar refractivity (Wildman–Crippen MR) is 244 cm³/mol. The van der Waals surface area contributed by atoms with Crippen LogP contribution in [0.1, 0.15) is 0 Å².